The van der Waals surface area contributed by atoms with Crippen molar-refractivity contribution in [1.82, 2.24) is 5.43 Å². The van der Waals surface area contributed by atoms with Gasteiger partial charge in [0.05, 0.1) is 24.8 Å². The summed E-state index contributed by atoms with van der Waals surface area (Å²) >= 11 is 3.39. The largest absolute Gasteiger partial charge is 0.494 e. The fourth-order valence-electron chi connectivity index (χ4n) is 2.72. The van der Waals surface area contributed by atoms with Crippen molar-refractivity contribution in [3.05, 3.63) is 94.0 Å². The van der Waals surface area contributed by atoms with Crippen molar-refractivity contribution in [2.75, 3.05) is 6.61 Å². The SMILES string of the molecule is CCOc1ccc(C(=O)Oc2ccc(Br)cc2C=NNC(=O)Cc2ccccc2)cc1. The third kappa shape index (κ3) is 6.79. The van der Waals surface area contributed by atoms with Crippen molar-refractivity contribution >= 4 is 34.0 Å². The quantitative estimate of drug-likeness (QED) is 0.218. The molecule has 0 aliphatic heterocycles. The van der Waals surface area contributed by atoms with Gasteiger partial charge in [0.1, 0.15) is 11.5 Å². The zero-order valence-electron chi connectivity index (χ0n) is 16.9. The molecule has 3 aromatic rings. The first-order valence-corrected chi connectivity index (χ1v) is 10.4. The van der Waals surface area contributed by atoms with E-state index in [0.29, 0.717) is 29.2 Å². The summed E-state index contributed by atoms with van der Waals surface area (Å²) in [4.78, 5) is 24.6. The van der Waals surface area contributed by atoms with Crippen LogP contribution in [-0.4, -0.2) is 24.7 Å². The lowest BCUT2D eigenvalue weighted by Gasteiger charge is -2.09. The van der Waals surface area contributed by atoms with Crippen LogP contribution in [0.1, 0.15) is 28.4 Å². The molecule has 6 nitrogen and oxygen atoms in total. The van der Waals surface area contributed by atoms with Crippen molar-refractivity contribution in [3.63, 3.8) is 0 Å². The maximum absolute atomic E-state index is 12.5. The number of nitrogens with zero attached hydrogens (tertiary/aromatic N) is 1. The zero-order chi connectivity index (χ0) is 22.1. The first-order valence-electron chi connectivity index (χ1n) is 9.65. The van der Waals surface area contributed by atoms with E-state index < -0.39 is 5.97 Å². The zero-order valence-corrected chi connectivity index (χ0v) is 18.5. The fourth-order valence-corrected chi connectivity index (χ4v) is 3.10. The van der Waals surface area contributed by atoms with Crippen molar-refractivity contribution in [1.29, 1.82) is 0 Å². The molecular weight excluding hydrogens is 460 g/mol. The second kappa shape index (κ2) is 11.1. The normalized spacial score (nSPS) is 10.6. The summed E-state index contributed by atoms with van der Waals surface area (Å²) in [6.45, 7) is 2.44. The maximum Gasteiger partial charge on any atom is 0.343 e. The highest BCUT2D eigenvalue weighted by atomic mass is 79.9. The van der Waals surface area contributed by atoms with Crippen molar-refractivity contribution in [3.8, 4) is 11.5 Å². The number of benzene rings is 3. The number of carbonyl (C=O) groups excluding carboxylic acids is 2. The average molecular weight is 481 g/mol. The second-order valence-corrected chi connectivity index (χ2v) is 7.40. The van der Waals surface area contributed by atoms with Gasteiger partial charge in [-0.3, -0.25) is 4.79 Å². The first kappa shape index (κ1) is 22.2. The summed E-state index contributed by atoms with van der Waals surface area (Å²) in [5.41, 5.74) is 4.31. The Morgan fingerprint density at radius 1 is 1.03 bits per heavy atom. The number of ether oxygens (including phenoxy) is 2. The Morgan fingerprint density at radius 3 is 2.48 bits per heavy atom. The smallest absolute Gasteiger partial charge is 0.343 e. The van der Waals surface area contributed by atoms with E-state index >= 15 is 0 Å². The van der Waals surface area contributed by atoms with Crippen LogP contribution in [0.3, 0.4) is 0 Å². The molecular formula is C24H21BrN2O4. The minimum atomic E-state index is -0.506. The van der Waals surface area contributed by atoms with Crippen LogP contribution in [0.15, 0.2) is 82.4 Å². The highest BCUT2D eigenvalue weighted by Gasteiger charge is 2.12. The van der Waals surface area contributed by atoms with Crippen molar-refractivity contribution in [2.45, 2.75) is 13.3 Å². The predicted molar refractivity (Wildman–Crippen MR) is 123 cm³/mol. The van der Waals surface area contributed by atoms with Crippen LogP contribution in [-0.2, 0) is 11.2 Å². The average Bonchev–Trinajstić information content (AvgIpc) is 2.77. The monoisotopic (exact) mass is 480 g/mol. The van der Waals surface area contributed by atoms with Crippen LogP contribution in [0.4, 0.5) is 0 Å². The Labute approximate surface area is 189 Å². The molecule has 0 saturated heterocycles. The van der Waals surface area contributed by atoms with Crippen LogP contribution in [0.5, 0.6) is 11.5 Å². The van der Waals surface area contributed by atoms with Crippen LogP contribution < -0.4 is 14.9 Å². The molecule has 0 fully saturated rings. The molecule has 0 saturated carbocycles. The number of esters is 1. The number of amides is 1. The summed E-state index contributed by atoms with van der Waals surface area (Å²) in [7, 11) is 0. The van der Waals surface area contributed by atoms with Gasteiger partial charge in [-0.25, -0.2) is 10.2 Å². The van der Waals surface area contributed by atoms with Gasteiger partial charge in [-0.15, -0.1) is 0 Å². The lowest BCUT2D eigenvalue weighted by molar-refractivity contribution is -0.120. The number of hydrogen-bond acceptors (Lipinski definition) is 5. The standard InChI is InChI=1S/C24H21BrN2O4/c1-2-30-21-11-8-18(9-12-21)24(29)31-22-13-10-20(25)15-19(22)16-26-27-23(28)14-17-6-4-3-5-7-17/h3-13,15-16H,2,14H2,1H3,(H,27,28). The van der Waals surface area contributed by atoms with Gasteiger partial charge in [-0.2, -0.15) is 5.10 Å². The van der Waals surface area contributed by atoms with Gasteiger partial charge in [0, 0.05) is 10.0 Å². The van der Waals surface area contributed by atoms with Gasteiger partial charge in [-0.1, -0.05) is 46.3 Å². The van der Waals surface area contributed by atoms with E-state index in [1.165, 1.54) is 6.21 Å². The minimum Gasteiger partial charge on any atom is -0.494 e. The van der Waals surface area contributed by atoms with Gasteiger partial charge in [0.25, 0.3) is 0 Å². The van der Waals surface area contributed by atoms with Gasteiger partial charge in [0.15, 0.2) is 0 Å². The van der Waals surface area contributed by atoms with E-state index in [4.69, 9.17) is 9.47 Å². The second-order valence-electron chi connectivity index (χ2n) is 6.48. The first-order chi connectivity index (χ1) is 15.0. The lowest BCUT2D eigenvalue weighted by Crippen LogP contribution is -2.19. The molecule has 1 amide bonds. The molecule has 3 aromatic carbocycles. The summed E-state index contributed by atoms with van der Waals surface area (Å²) < 4.78 is 11.7. The van der Waals surface area contributed by atoms with Crippen LogP contribution >= 0.6 is 15.9 Å². The maximum atomic E-state index is 12.5. The molecule has 0 aliphatic carbocycles. The van der Waals surface area contributed by atoms with E-state index in [2.05, 4.69) is 26.5 Å². The van der Waals surface area contributed by atoms with Crippen LogP contribution in [0, 0.1) is 0 Å². The van der Waals surface area contributed by atoms with E-state index in [-0.39, 0.29) is 12.3 Å². The highest BCUT2D eigenvalue weighted by molar-refractivity contribution is 9.10. The highest BCUT2D eigenvalue weighted by Crippen LogP contribution is 2.23. The van der Waals surface area contributed by atoms with Gasteiger partial charge in [0.2, 0.25) is 5.91 Å². The van der Waals surface area contributed by atoms with Gasteiger partial charge in [-0.05, 0) is 55.0 Å². The molecule has 0 unspecified atom stereocenters. The Kier molecular flexibility index (Phi) is 7.95. The summed E-state index contributed by atoms with van der Waals surface area (Å²) in [5, 5.41) is 4.00. The third-order valence-corrected chi connectivity index (χ3v) is 4.67. The molecule has 7 heteroatoms. The number of hydrazone groups is 1. The molecule has 3 rings (SSSR count). The van der Waals surface area contributed by atoms with E-state index in [0.717, 1.165) is 10.0 Å². The van der Waals surface area contributed by atoms with Gasteiger partial charge >= 0.3 is 5.97 Å². The van der Waals surface area contributed by atoms with Crippen LogP contribution in [0.25, 0.3) is 0 Å². The fraction of sp³-hybridized carbons (Fsp3) is 0.125. The number of nitrogens with one attached hydrogen (secondary N) is 1. The molecule has 0 spiro atoms. The summed E-state index contributed by atoms with van der Waals surface area (Å²) in [5.74, 6) is 0.253. The molecule has 158 valence electrons. The topological polar surface area (TPSA) is 77.0 Å². The van der Waals surface area contributed by atoms with Crippen LogP contribution in [0.2, 0.25) is 0 Å². The Balaban J connectivity index is 1.66. The number of rotatable bonds is 8. The van der Waals surface area contributed by atoms with Crippen molar-refractivity contribution < 1.29 is 19.1 Å². The Hall–Kier alpha value is -3.45. The summed E-state index contributed by atoms with van der Waals surface area (Å²) in [6, 6.07) is 21.3. The molecule has 0 radical (unpaired) electrons. The molecule has 0 bridgehead atoms. The predicted octanol–water partition coefficient (Wildman–Crippen LogP) is 4.76. The number of carbonyl (C=O) groups is 2. The minimum absolute atomic E-state index is 0.219. The number of halogens is 1. The third-order valence-electron chi connectivity index (χ3n) is 4.18. The summed E-state index contributed by atoms with van der Waals surface area (Å²) in [6.07, 6.45) is 1.66. The van der Waals surface area contributed by atoms with E-state index in [1.54, 1.807) is 42.5 Å². The van der Waals surface area contributed by atoms with E-state index in [1.807, 2.05) is 37.3 Å². The lowest BCUT2D eigenvalue weighted by atomic mass is 10.1. The molecule has 31 heavy (non-hydrogen) atoms. The van der Waals surface area contributed by atoms with E-state index in [9.17, 15) is 9.59 Å². The molecule has 0 atom stereocenters. The van der Waals surface area contributed by atoms with Crippen molar-refractivity contribution in [2.24, 2.45) is 5.10 Å². The molecule has 1 N–H and O–H groups in total. The number of hydrogen-bond donors (Lipinski definition) is 1. The molecule has 0 heterocycles. The Morgan fingerprint density at radius 2 is 1.77 bits per heavy atom. The molecule has 0 aromatic heterocycles. The van der Waals surface area contributed by atoms with Gasteiger partial charge < -0.3 is 9.47 Å². The Bertz CT molecular complexity index is 1070. The molecule has 0 aliphatic rings.